The van der Waals surface area contributed by atoms with Crippen molar-refractivity contribution < 1.29 is 9.53 Å². The van der Waals surface area contributed by atoms with Crippen LogP contribution in [0.25, 0.3) is 0 Å². The van der Waals surface area contributed by atoms with Crippen LogP contribution in [0.3, 0.4) is 0 Å². The molecule has 6 nitrogen and oxygen atoms in total. The van der Waals surface area contributed by atoms with Gasteiger partial charge in [-0.25, -0.2) is 4.98 Å². The van der Waals surface area contributed by atoms with Crippen LogP contribution in [0.5, 0.6) is 0 Å². The number of aromatic nitrogens is 1. The van der Waals surface area contributed by atoms with Crippen molar-refractivity contribution in [3.63, 3.8) is 0 Å². The van der Waals surface area contributed by atoms with E-state index in [2.05, 4.69) is 15.7 Å². The Labute approximate surface area is 94.2 Å². The van der Waals surface area contributed by atoms with E-state index in [1.54, 1.807) is 19.2 Å². The molecule has 1 amide bonds. The van der Waals surface area contributed by atoms with E-state index in [0.717, 1.165) is 6.42 Å². The third kappa shape index (κ3) is 3.84. The minimum absolute atomic E-state index is 0.195. The van der Waals surface area contributed by atoms with Gasteiger partial charge in [-0.2, -0.15) is 0 Å². The highest BCUT2D eigenvalue weighted by Crippen LogP contribution is 2.03. The maximum absolute atomic E-state index is 11.5. The molecule has 16 heavy (non-hydrogen) atoms. The second-order valence-corrected chi connectivity index (χ2v) is 3.18. The zero-order chi connectivity index (χ0) is 11.8. The SMILES string of the molecule is COCCCNC(=O)c1ccc(NN)cn1. The smallest absolute Gasteiger partial charge is 0.269 e. The average Bonchev–Trinajstić information content (AvgIpc) is 2.34. The minimum atomic E-state index is -0.195. The summed E-state index contributed by atoms with van der Waals surface area (Å²) in [6.45, 7) is 1.20. The predicted molar refractivity (Wildman–Crippen MR) is 60.9 cm³/mol. The molecule has 1 aromatic rings. The highest BCUT2D eigenvalue weighted by molar-refractivity contribution is 5.92. The Kier molecular flexibility index (Phi) is 5.24. The van der Waals surface area contributed by atoms with Crippen molar-refractivity contribution in [2.24, 2.45) is 5.84 Å². The highest BCUT2D eigenvalue weighted by atomic mass is 16.5. The Morgan fingerprint density at radius 1 is 1.56 bits per heavy atom. The summed E-state index contributed by atoms with van der Waals surface area (Å²) in [4.78, 5) is 15.5. The molecule has 0 unspecified atom stereocenters. The maximum atomic E-state index is 11.5. The maximum Gasteiger partial charge on any atom is 0.269 e. The van der Waals surface area contributed by atoms with Crippen molar-refractivity contribution in [2.75, 3.05) is 25.7 Å². The van der Waals surface area contributed by atoms with Crippen molar-refractivity contribution >= 4 is 11.6 Å². The monoisotopic (exact) mass is 224 g/mol. The standard InChI is InChI=1S/C10H16N4O2/c1-16-6-2-5-12-10(15)9-4-3-8(14-11)7-13-9/h3-4,7,14H,2,5-6,11H2,1H3,(H,12,15). The number of carbonyl (C=O) groups excluding carboxylic acids is 1. The van der Waals surface area contributed by atoms with E-state index in [-0.39, 0.29) is 5.91 Å². The number of carbonyl (C=O) groups is 1. The molecule has 0 saturated heterocycles. The molecule has 0 aliphatic carbocycles. The molecular weight excluding hydrogens is 208 g/mol. The quantitative estimate of drug-likeness (QED) is 0.363. The van der Waals surface area contributed by atoms with Gasteiger partial charge >= 0.3 is 0 Å². The van der Waals surface area contributed by atoms with E-state index >= 15 is 0 Å². The van der Waals surface area contributed by atoms with E-state index in [9.17, 15) is 4.79 Å². The lowest BCUT2D eigenvalue weighted by atomic mass is 10.3. The zero-order valence-corrected chi connectivity index (χ0v) is 9.19. The number of amides is 1. The fraction of sp³-hybridized carbons (Fsp3) is 0.400. The summed E-state index contributed by atoms with van der Waals surface area (Å²) in [6.07, 6.45) is 2.29. The molecule has 0 aliphatic rings. The van der Waals surface area contributed by atoms with E-state index < -0.39 is 0 Å². The normalized spacial score (nSPS) is 9.88. The van der Waals surface area contributed by atoms with Gasteiger partial charge in [-0.05, 0) is 18.6 Å². The number of nitrogens with zero attached hydrogens (tertiary/aromatic N) is 1. The molecule has 0 radical (unpaired) electrons. The van der Waals surface area contributed by atoms with Gasteiger partial charge in [-0.1, -0.05) is 0 Å². The molecule has 0 aromatic carbocycles. The molecule has 0 atom stereocenters. The number of hydrazine groups is 1. The van der Waals surface area contributed by atoms with Gasteiger partial charge < -0.3 is 15.5 Å². The number of hydrogen-bond acceptors (Lipinski definition) is 5. The topological polar surface area (TPSA) is 89.3 Å². The second kappa shape index (κ2) is 6.76. The van der Waals surface area contributed by atoms with Crippen molar-refractivity contribution in [1.82, 2.24) is 10.3 Å². The Morgan fingerprint density at radius 3 is 2.94 bits per heavy atom. The van der Waals surface area contributed by atoms with Crippen LogP contribution in [-0.2, 0) is 4.74 Å². The van der Waals surface area contributed by atoms with Gasteiger partial charge in [-0.3, -0.25) is 10.6 Å². The Hall–Kier alpha value is -1.66. The molecule has 1 rings (SSSR count). The van der Waals surface area contributed by atoms with Crippen molar-refractivity contribution in [1.29, 1.82) is 0 Å². The molecule has 0 bridgehead atoms. The summed E-state index contributed by atoms with van der Waals surface area (Å²) in [5, 5.41) is 2.74. The number of nitrogens with two attached hydrogens (primary N) is 1. The number of pyridine rings is 1. The van der Waals surface area contributed by atoms with Gasteiger partial charge in [0.1, 0.15) is 5.69 Å². The summed E-state index contributed by atoms with van der Waals surface area (Å²) in [5.41, 5.74) is 3.48. The van der Waals surface area contributed by atoms with Crippen LogP contribution in [0.4, 0.5) is 5.69 Å². The van der Waals surface area contributed by atoms with E-state index in [1.807, 2.05) is 0 Å². The molecule has 0 spiro atoms. The first-order chi connectivity index (χ1) is 7.77. The molecule has 0 aliphatic heterocycles. The van der Waals surface area contributed by atoms with Gasteiger partial charge in [0.05, 0.1) is 11.9 Å². The van der Waals surface area contributed by atoms with E-state index in [4.69, 9.17) is 10.6 Å². The lowest BCUT2D eigenvalue weighted by Crippen LogP contribution is -2.26. The molecule has 6 heteroatoms. The fourth-order valence-corrected chi connectivity index (χ4v) is 1.12. The molecule has 0 fully saturated rings. The van der Waals surface area contributed by atoms with E-state index in [0.29, 0.717) is 24.5 Å². The first-order valence-corrected chi connectivity index (χ1v) is 4.97. The summed E-state index contributed by atoms with van der Waals surface area (Å²) in [7, 11) is 1.63. The van der Waals surface area contributed by atoms with Gasteiger partial charge in [0, 0.05) is 20.3 Å². The predicted octanol–water partition coefficient (Wildman–Crippen LogP) is 0.134. The second-order valence-electron chi connectivity index (χ2n) is 3.18. The lowest BCUT2D eigenvalue weighted by Gasteiger charge is -2.04. The first-order valence-electron chi connectivity index (χ1n) is 4.97. The molecule has 1 aromatic heterocycles. The highest BCUT2D eigenvalue weighted by Gasteiger charge is 2.05. The van der Waals surface area contributed by atoms with Crippen LogP contribution in [0.15, 0.2) is 18.3 Å². The average molecular weight is 224 g/mol. The van der Waals surface area contributed by atoms with Crippen LogP contribution >= 0.6 is 0 Å². The van der Waals surface area contributed by atoms with Crippen molar-refractivity contribution in [3.05, 3.63) is 24.0 Å². The lowest BCUT2D eigenvalue weighted by molar-refractivity contribution is 0.0943. The fourth-order valence-electron chi connectivity index (χ4n) is 1.12. The molecule has 4 N–H and O–H groups in total. The molecular formula is C10H16N4O2. The van der Waals surface area contributed by atoms with Crippen LogP contribution < -0.4 is 16.6 Å². The first kappa shape index (κ1) is 12.4. The third-order valence-electron chi connectivity index (χ3n) is 1.97. The summed E-state index contributed by atoms with van der Waals surface area (Å²) in [5.74, 6) is 4.99. The van der Waals surface area contributed by atoms with Crippen LogP contribution in [0, 0.1) is 0 Å². The number of anilines is 1. The third-order valence-corrected chi connectivity index (χ3v) is 1.97. The van der Waals surface area contributed by atoms with Crippen molar-refractivity contribution in [2.45, 2.75) is 6.42 Å². The van der Waals surface area contributed by atoms with Crippen molar-refractivity contribution in [3.8, 4) is 0 Å². The zero-order valence-electron chi connectivity index (χ0n) is 9.19. The number of hydrogen-bond donors (Lipinski definition) is 3. The molecule has 0 saturated carbocycles. The largest absolute Gasteiger partial charge is 0.385 e. The molecule has 88 valence electrons. The molecule has 1 heterocycles. The van der Waals surface area contributed by atoms with Crippen LogP contribution in [0.2, 0.25) is 0 Å². The summed E-state index contributed by atoms with van der Waals surface area (Å²) < 4.78 is 4.87. The van der Waals surface area contributed by atoms with Gasteiger partial charge in [0.2, 0.25) is 0 Å². The Morgan fingerprint density at radius 2 is 2.38 bits per heavy atom. The van der Waals surface area contributed by atoms with Gasteiger partial charge in [0.15, 0.2) is 0 Å². The van der Waals surface area contributed by atoms with Gasteiger partial charge in [0.25, 0.3) is 5.91 Å². The number of ether oxygens (including phenoxy) is 1. The van der Waals surface area contributed by atoms with E-state index in [1.165, 1.54) is 6.20 Å². The summed E-state index contributed by atoms with van der Waals surface area (Å²) in [6, 6.07) is 3.30. The number of nitrogen functional groups attached to an aromatic ring is 1. The van der Waals surface area contributed by atoms with Crippen LogP contribution in [0.1, 0.15) is 16.9 Å². The minimum Gasteiger partial charge on any atom is -0.385 e. The van der Waals surface area contributed by atoms with Gasteiger partial charge in [-0.15, -0.1) is 0 Å². The Balaban J connectivity index is 2.40. The summed E-state index contributed by atoms with van der Waals surface area (Å²) >= 11 is 0. The number of rotatable bonds is 6. The number of nitrogens with one attached hydrogen (secondary N) is 2. The van der Waals surface area contributed by atoms with Crippen LogP contribution in [-0.4, -0.2) is 31.2 Å². The Bertz CT molecular complexity index is 326. The number of methoxy groups -OCH3 is 1.